The highest BCUT2D eigenvalue weighted by Crippen LogP contribution is 2.35. The third kappa shape index (κ3) is 4.22. The van der Waals surface area contributed by atoms with Gasteiger partial charge < -0.3 is 14.4 Å². The minimum Gasteiger partial charge on any atom is -0.475 e. The number of carboxylic acids is 1. The molecule has 0 aliphatic heterocycles. The molecule has 2 N–H and O–H groups in total. The van der Waals surface area contributed by atoms with Crippen molar-refractivity contribution >= 4 is 39.0 Å². The Bertz CT molecular complexity index is 954. The van der Waals surface area contributed by atoms with Gasteiger partial charge in [0.2, 0.25) is 11.0 Å². The van der Waals surface area contributed by atoms with Crippen molar-refractivity contribution in [2.24, 2.45) is 0 Å². The van der Waals surface area contributed by atoms with Crippen LogP contribution in [0.5, 0.6) is 0 Å². The first-order valence-electron chi connectivity index (χ1n) is 6.76. The Morgan fingerprint density at radius 1 is 1.23 bits per heavy atom. The molecule has 2 aromatic rings. The second-order valence-corrected chi connectivity index (χ2v) is 7.31. The SMILES string of the molecule is CN(C)c1cc(NS(=O)(=O)c2cc(C(=O)O)oc2Cl)cc(C(F)(F)F)c1. The summed E-state index contributed by atoms with van der Waals surface area (Å²) in [5.41, 5.74) is -1.34. The van der Waals surface area contributed by atoms with Crippen LogP contribution in [0.25, 0.3) is 0 Å². The van der Waals surface area contributed by atoms with Crippen molar-refractivity contribution in [1.82, 2.24) is 0 Å². The quantitative estimate of drug-likeness (QED) is 0.779. The summed E-state index contributed by atoms with van der Waals surface area (Å²) in [5.74, 6) is -2.28. The van der Waals surface area contributed by atoms with Crippen LogP contribution in [0, 0.1) is 0 Å². The number of aromatic carboxylic acids is 1. The molecule has 0 bridgehead atoms. The van der Waals surface area contributed by atoms with Gasteiger partial charge in [0.25, 0.3) is 10.0 Å². The Hall–Kier alpha value is -2.40. The van der Waals surface area contributed by atoms with E-state index in [-0.39, 0.29) is 11.4 Å². The van der Waals surface area contributed by atoms with Gasteiger partial charge in [-0.25, -0.2) is 13.2 Å². The first-order chi connectivity index (χ1) is 11.8. The zero-order valence-corrected chi connectivity index (χ0v) is 14.8. The lowest BCUT2D eigenvalue weighted by atomic mass is 10.1. The van der Waals surface area contributed by atoms with Crippen LogP contribution in [0.2, 0.25) is 5.22 Å². The summed E-state index contributed by atoms with van der Waals surface area (Å²) >= 11 is 5.59. The molecule has 0 saturated carbocycles. The Labute approximate surface area is 151 Å². The summed E-state index contributed by atoms with van der Waals surface area (Å²) in [6.07, 6.45) is -4.70. The van der Waals surface area contributed by atoms with Gasteiger partial charge in [-0.3, -0.25) is 4.72 Å². The number of hydrogen-bond acceptors (Lipinski definition) is 5. The van der Waals surface area contributed by atoms with Gasteiger partial charge in [-0.2, -0.15) is 13.2 Å². The van der Waals surface area contributed by atoms with Crippen LogP contribution in [0.3, 0.4) is 0 Å². The Balaban J connectivity index is 2.49. The normalized spacial score (nSPS) is 12.1. The third-order valence-electron chi connectivity index (χ3n) is 3.17. The van der Waals surface area contributed by atoms with Gasteiger partial charge in [0.05, 0.1) is 11.3 Å². The molecule has 0 spiro atoms. The van der Waals surface area contributed by atoms with Crippen LogP contribution in [-0.2, 0) is 16.2 Å². The second-order valence-electron chi connectivity index (χ2n) is 5.32. The van der Waals surface area contributed by atoms with E-state index in [1.807, 2.05) is 4.72 Å². The standard InChI is InChI=1S/C14H12ClF3N2O5S/c1-20(2)9-4-7(14(16,17)18)3-8(5-9)19-26(23,24)11-6-10(13(21)22)25-12(11)15/h3-6,19H,1-2H3,(H,21,22). The van der Waals surface area contributed by atoms with Gasteiger partial charge >= 0.3 is 12.1 Å². The summed E-state index contributed by atoms with van der Waals surface area (Å²) in [5, 5.41) is 8.08. The molecule has 1 aromatic carbocycles. The smallest absolute Gasteiger partial charge is 0.416 e. The number of nitrogens with zero attached hydrogens (tertiary/aromatic N) is 1. The average Bonchev–Trinajstić information content (AvgIpc) is 2.88. The van der Waals surface area contributed by atoms with Crippen LogP contribution in [0.1, 0.15) is 16.1 Å². The lowest BCUT2D eigenvalue weighted by Gasteiger charge is -2.18. The summed E-state index contributed by atoms with van der Waals surface area (Å²) in [7, 11) is -1.51. The van der Waals surface area contributed by atoms with Crippen LogP contribution in [0.4, 0.5) is 24.5 Å². The number of hydrogen-bond donors (Lipinski definition) is 2. The van der Waals surface area contributed by atoms with Crippen molar-refractivity contribution in [3.63, 3.8) is 0 Å². The number of carbonyl (C=O) groups is 1. The van der Waals surface area contributed by atoms with E-state index in [1.165, 1.54) is 25.1 Å². The molecule has 26 heavy (non-hydrogen) atoms. The number of sulfonamides is 1. The van der Waals surface area contributed by atoms with Crippen molar-refractivity contribution in [3.05, 3.63) is 40.8 Å². The molecule has 0 radical (unpaired) electrons. The van der Waals surface area contributed by atoms with Gasteiger partial charge in [-0.1, -0.05) is 0 Å². The number of benzene rings is 1. The van der Waals surface area contributed by atoms with E-state index in [4.69, 9.17) is 16.7 Å². The zero-order chi connectivity index (χ0) is 19.9. The molecule has 0 unspecified atom stereocenters. The molecule has 12 heteroatoms. The molecular weight excluding hydrogens is 401 g/mol. The number of carboxylic acid groups (broad SMARTS) is 1. The molecule has 0 aliphatic rings. The van der Waals surface area contributed by atoms with E-state index in [0.717, 1.165) is 6.07 Å². The maximum atomic E-state index is 13.0. The predicted molar refractivity (Wildman–Crippen MR) is 87.3 cm³/mol. The number of anilines is 2. The van der Waals surface area contributed by atoms with Crippen molar-refractivity contribution in [2.75, 3.05) is 23.7 Å². The van der Waals surface area contributed by atoms with Crippen molar-refractivity contribution in [2.45, 2.75) is 11.1 Å². The predicted octanol–water partition coefficient (Wildman–Crippen LogP) is 3.52. The van der Waals surface area contributed by atoms with Crippen LogP contribution >= 0.6 is 11.6 Å². The maximum absolute atomic E-state index is 13.0. The summed E-state index contributed by atoms with van der Waals surface area (Å²) in [4.78, 5) is 11.5. The molecule has 1 heterocycles. The third-order valence-corrected chi connectivity index (χ3v) is 4.95. The van der Waals surface area contributed by atoms with Gasteiger partial charge in [-0.05, 0) is 29.8 Å². The molecule has 7 nitrogen and oxygen atoms in total. The first kappa shape index (κ1) is 19.9. The monoisotopic (exact) mass is 412 g/mol. The average molecular weight is 413 g/mol. The fraction of sp³-hybridized carbons (Fsp3) is 0.214. The van der Waals surface area contributed by atoms with Crippen LogP contribution in [0.15, 0.2) is 33.6 Å². The van der Waals surface area contributed by atoms with E-state index in [2.05, 4.69) is 4.42 Å². The second kappa shape index (κ2) is 6.72. The van der Waals surface area contributed by atoms with Crippen LogP contribution in [-0.4, -0.2) is 33.6 Å². The summed E-state index contributed by atoms with van der Waals surface area (Å²) in [6, 6.07) is 3.30. The Kier molecular flexibility index (Phi) is 5.15. The molecule has 0 atom stereocenters. The van der Waals surface area contributed by atoms with Gasteiger partial charge in [0.1, 0.15) is 4.90 Å². The summed E-state index contributed by atoms with van der Waals surface area (Å²) in [6.45, 7) is 0. The molecular formula is C14H12ClF3N2O5S. The first-order valence-corrected chi connectivity index (χ1v) is 8.62. The molecule has 142 valence electrons. The highest BCUT2D eigenvalue weighted by Gasteiger charge is 2.32. The molecule has 1 aromatic heterocycles. The highest BCUT2D eigenvalue weighted by molar-refractivity contribution is 7.92. The topological polar surface area (TPSA) is 99.9 Å². The van der Waals surface area contributed by atoms with Crippen molar-refractivity contribution in [1.29, 1.82) is 0 Å². The van der Waals surface area contributed by atoms with E-state index in [9.17, 15) is 26.4 Å². The zero-order valence-electron chi connectivity index (χ0n) is 13.3. The fourth-order valence-corrected chi connectivity index (χ4v) is 3.44. The molecule has 0 fully saturated rings. The molecule has 0 amide bonds. The Morgan fingerprint density at radius 2 is 1.85 bits per heavy atom. The van der Waals surface area contributed by atoms with Gasteiger partial charge in [-0.15, -0.1) is 0 Å². The molecule has 2 rings (SSSR count). The van der Waals surface area contributed by atoms with Crippen molar-refractivity contribution < 1.29 is 35.9 Å². The van der Waals surface area contributed by atoms with Gasteiger partial charge in [0, 0.05) is 25.8 Å². The van der Waals surface area contributed by atoms with Crippen LogP contribution < -0.4 is 9.62 Å². The number of alkyl halides is 3. The van der Waals surface area contributed by atoms with Gasteiger partial charge in [0.15, 0.2) is 0 Å². The largest absolute Gasteiger partial charge is 0.475 e. The lowest BCUT2D eigenvalue weighted by Crippen LogP contribution is -2.16. The lowest BCUT2D eigenvalue weighted by molar-refractivity contribution is -0.137. The number of nitrogens with one attached hydrogen (secondary N) is 1. The van der Waals surface area contributed by atoms with Crippen molar-refractivity contribution in [3.8, 4) is 0 Å². The molecule has 0 aliphatic carbocycles. The number of halogens is 4. The minimum absolute atomic E-state index is 0.0991. The maximum Gasteiger partial charge on any atom is 0.416 e. The summed E-state index contributed by atoms with van der Waals surface area (Å²) < 4.78 is 70.3. The van der Waals surface area contributed by atoms with E-state index >= 15 is 0 Å². The number of rotatable bonds is 5. The fourth-order valence-electron chi connectivity index (χ4n) is 1.94. The van der Waals surface area contributed by atoms with E-state index < -0.39 is 43.6 Å². The number of furan rings is 1. The van der Waals surface area contributed by atoms with E-state index in [0.29, 0.717) is 12.1 Å². The van der Waals surface area contributed by atoms with E-state index in [1.54, 1.807) is 0 Å². The minimum atomic E-state index is -4.70. The Morgan fingerprint density at radius 3 is 2.31 bits per heavy atom. The molecule has 0 saturated heterocycles. The highest BCUT2D eigenvalue weighted by atomic mass is 35.5.